The van der Waals surface area contributed by atoms with Crippen molar-refractivity contribution < 1.29 is 13.6 Å². The molecule has 0 aliphatic rings. The summed E-state index contributed by atoms with van der Waals surface area (Å²) in [6, 6.07) is 18.3. The van der Waals surface area contributed by atoms with Crippen molar-refractivity contribution in [2.24, 2.45) is 5.73 Å². The molecule has 3 aromatic carbocycles. The fourth-order valence-electron chi connectivity index (χ4n) is 3.20. The molecule has 8 heteroatoms. The molecule has 0 saturated heterocycles. The molecule has 1 aromatic heterocycles. The van der Waals surface area contributed by atoms with E-state index in [1.54, 1.807) is 42.5 Å². The van der Waals surface area contributed by atoms with Gasteiger partial charge in [-0.25, -0.2) is 13.8 Å². The molecule has 0 spiro atoms. The van der Waals surface area contributed by atoms with Gasteiger partial charge in [0.15, 0.2) is 5.16 Å². The van der Waals surface area contributed by atoms with Crippen molar-refractivity contribution in [1.82, 2.24) is 9.55 Å². The van der Waals surface area contributed by atoms with Crippen LogP contribution in [-0.2, 0) is 11.2 Å². The molecule has 0 fully saturated rings. The van der Waals surface area contributed by atoms with Crippen LogP contribution in [0.2, 0.25) is 0 Å². The van der Waals surface area contributed by atoms with Crippen LogP contribution in [0.4, 0.5) is 8.78 Å². The zero-order valence-corrected chi connectivity index (χ0v) is 17.0. The second-order valence-electron chi connectivity index (χ2n) is 6.84. The maximum absolute atomic E-state index is 14.6. The lowest BCUT2D eigenvalue weighted by molar-refractivity contribution is -0.117. The van der Waals surface area contributed by atoms with E-state index in [9.17, 15) is 18.4 Å². The number of nitrogens with two attached hydrogens (primary N) is 1. The summed E-state index contributed by atoms with van der Waals surface area (Å²) in [6.45, 7) is 0. The highest BCUT2D eigenvalue weighted by atomic mass is 32.2. The molecule has 5 nitrogen and oxygen atoms in total. The van der Waals surface area contributed by atoms with Gasteiger partial charge in [0.05, 0.1) is 21.8 Å². The summed E-state index contributed by atoms with van der Waals surface area (Å²) in [7, 11) is 0. The van der Waals surface area contributed by atoms with Crippen molar-refractivity contribution in [2.75, 3.05) is 0 Å². The Morgan fingerprint density at radius 2 is 1.68 bits per heavy atom. The van der Waals surface area contributed by atoms with Gasteiger partial charge in [0.1, 0.15) is 11.6 Å². The minimum Gasteiger partial charge on any atom is -0.369 e. The van der Waals surface area contributed by atoms with Crippen molar-refractivity contribution in [3.63, 3.8) is 0 Å². The van der Waals surface area contributed by atoms with Crippen molar-refractivity contribution >= 4 is 28.6 Å². The molecule has 156 valence electrons. The fraction of sp³-hybridized carbons (Fsp3) is 0.0870. The highest BCUT2D eigenvalue weighted by Crippen LogP contribution is 2.28. The number of amides is 1. The molecule has 4 aromatic rings. The Labute approximate surface area is 180 Å². The Hall–Kier alpha value is -3.52. The molecule has 0 aliphatic heterocycles. The number of hydrogen-bond donors (Lipinski definition) is 1. The summed E-state index contributed by atoms with van der Waals surface area (Å²) in [5, 5.41) is -0.347. The standard InChI is InChI=1S/C23H17F2N3O2S/c24-15-11-9-14(10-12-15)13-20(21(26)29)31-23-27-18-7-3-1-5-16(18)22(30)28(23)19-8-4-2-6-17(19)25/h1-12,20H,13H2,(H2,26,29). The van der Waals surface area contributed by atoms with Gasteiger partial charge in [-0.1, -0.05) is 48.2 Å². The Kier molecular flexibility index (Phi) is 5.81. The monoisotopic (exact) mass is 437 g/mol. The number of nitrogens with zero attached hydrogens (tertiary/aromatic N) is 2. The number of carbonyl (C=O) groups excluding carboxylic acids is 1. The number of hydrogen-bond acceptors (Lipinski definition) is 4. The van der Waals surface area contributed by atoms with E-state index in [0.29, 0.717) is 16.5 Å². The third-order valence-electron chi connectivity index (χ3n) is 4.74. The first kappa shape index (κ1) is 20.7. The van der Waals surface area contributed by atoms with Crippen LogP contribution in [0.5, 0.6) is 0 Å². The third-order valence-corrected chi connectivity index (χ3v) is 5.91. The Morgan fingerprint density at radius 1 is 1.00 bits per heavy atom. The van der Waals surface area contributed by atoms with Crippen molar-refractivity contribution in [3.05, 3.63) is 100 Å². The molecule has 2 N–H and O–H groups in total. The van der Waals surface area contributed by atoms with Gasteiger partial charge < -0.3 is 5.73 Å². The topological polar surface area (TPSA) is 78.0 Å². The summed E-state index contributed by atoms with van der Waals surface area (Å²) in [5.41, 5.74) is 6.30. The molecule has 1 amide bonds. The minimum atomic E-state index is -0.809. The highest BCUT2D eigenvalue weighted by Gasteiger charge is 2.23. The molecule has 1 atom stereocenters. The van der Waals surface area contributed by atoms with E-state index in [0.717, 1.165) is 16.3 Å². The van der Waals surface area contributed by atoms with Crippen LogP contribution in [0.25, 0.3) is 16.6 Å². The number of primary amides is 1. The summed E-state index contributed by atoms with van der Waals surface area (Å²) < 4.78 is 29.0. The van der Waals surface area contributed by atoms with Gasteiger partial charge in [-0.3, -0.25) is 14.2 Å². The number of rotatable bonds is 6. The van der Waals surface area contributed by atoms with Crippen LogP contribution >= 0.6 is 11.8 Å². The average Bonchev–Trinajstić information content (AvgIpc) is 2.76. The van der Waals surface area contributed by atoms with Gasteiger partial charge >= 0.3 is 0 Å². The lowest BCUT2D eigenvalue weighted by Crippen LogP contribution is -2.30. The first-order chi connectivity index (χ1) is 14.9. The van der Waals surface area contributed by atoms with Crippen molar-refractivity contribution in [2.45, 2.75) is 16.8 Å². The molecule has 0 bridgehead atoms. The number of carbonyl (C=O) groups is 1. The zero-order chi connectivity index (χ0) is 22.0. The summed E-state index contributed by atoms with van der Waals surface area (Å²) in [4.78, 5) is 29.9. The zero-order valence-electron chi connectivity index (χ0n) is 16.2. The predicted octanol–water partition coefficient (Wildman–Crippen LogP) is 3.85. The van der Waals surface area contributed by atoms with Gasteiger partial charge in [0.25, 0.3) is 5.56 Å². The van der Waals surface area contributed by atoms with Crippen molar-refractivity contribution in [1.29, 1.82) is 0 Å². The van der Waals surface area contributed by atoms with E-state index >= 15 is 0 Å². The molecule has 0 aliphatic carbocycles. The smallest absolute Gasteiger partial charge is 0.266 e. The first-order valence-electron chi connectivity index (χ1n) is 9.41. The Morgan fingerprint density at radius 3 is 2.39 bits per heavy atom. The van der Waals surface area contributed by atoms with Crippen LogP contribution < -0.4 is 11.3 Å². The summed E-state index contributed by atoms with van der Waals surface area (Å²) in [6.07, 6.45) is 0.195. The molecule has 1 unspecified atom stereocenters. The number of halogens is 2. The molecule has 31 heavy (non-hydrogen) atoms. The maximum atomic E-state index is 14.6. The number of benzene rings is 3. The van der Waals surface area contributed by atoms with Crippen LogP contribution in [0.1, 0.15) is 5.56 Å². The number of thioether (sulfide) groups is 1. The number of para-hydroxylation sites is 2. The van der Waals surface area contributed by atoms with Gasteiger partial charge in [-0.15, -0.1) is 0 Å². The minimum absolute atomic E-state index is 0.0262. The quantitative estimate of drug-likeness (QED) is 0.367. The van der Waals surface area contributed by atoms with E-state index in [2.05, 4.69) is 4.98 Å². The Balaban J connectivity index is 1.84. The van der Waals surface area contributed by atoms with E-state index < -0.39 is 28.4 Å². The molecule has 0 radical (unpaired) electrons. The second-order valence-corrected chi connectivity index (χ2v) is 8.01. The largest absolute Gasteiger partial charge is 0.369 e. The van der Waals surface area contributed by atoms with Crippen LogP contribution in [0.15, 0.2) is 82.7 Å². The number of fused-ring (bicyclic) bond motifs is 1. The fourth-order valence-corrected chi connectivity index (χ4v) is 4.28. The van der Waals surface area contributed by atoms with Crippen LogP contribution in [0, 0.1) is 11.6 Å². The van der Waals surface area contributed by atoms with Gasteiger partial charge in [-0.05, 0) is 48.4 Å². The summed E-state index contributed by atoms with van der Waals surface area (Å²) >= 11 is 0.972. The molecule has 0 saturated carbocycles. The Bertz CT molecular complexity index is 1320. The maximum Gasteiger partial charge on any atom is 0.266 e. The number of aromatic nitrogens is 2. The van der Waals surface area contributed by atoms with Crippen LogP contribution in [-0.4, -0.2) is 20.7 Å². The lowest BCUT2D eigenvalue weighted by atomic mass is 10.1. The van der Waals surface area contributed by atoms with Crippen LogP contribution in [0.3, 0.4) is 0 Å². The SMILES string of the molecule is NC(=O)C(Cc1ccc(F)cc1)Sc1nc2ccccc2c(=O)n1-c1ccccc1F. The molecule has 4 rings (SSSR count). The average molecular weight is 437 g/mol. The third kappa shape index (κ3) is 4.34. The normalized spacial score (nSPS) is 12.1. The van der Waals surface area contributed by atoms with Gasteiger partial charge in [0, 0.05) is 0 Å². The molecule has 1 heterocycles. The van der Waals surface area contributed by atoms with E-state index in [1.165, 1.54) is 30.3 Å². The molecular weight excluding hydrogens is 420 g/mol. The van der Waals surface area contributed by atoms with Gasteiger partial charge in [-0.2, -0.15) is 0 Å². The van der Waals surface area contributed by atoms with Gasteiger partial charge in [0.2, 0.25) is 5.91 Å². The first-order valence-corrected chi connectivity index (χ1v) is 10.3. The summed E-state index contributed by atoms with van der Waals surface area (Å²) in [5.74, 6) is -1.62. The highest BCUT2D eigenvalue weighted by molar-refractivity contribution is 8.00. The lowest BCUT2D eigenvalue weighted by Gasteiger charge is -2.17. The predicted molar refractivity (Wildman–Crippen MR) is 116 cm³/mol. The second kappa shape index (κ2) is 8.69. The van der Waals surface area contributed by atoms with Crippen molar-refractivity contribution in [3.8, 4) is 5.69 Å². The molecular formula is C23H17F2N3O2S. The van der Waals surface area contributed by atoms with E-state index in [1.807, 2.05) is 0 Å². The van der Waals surface area contributed by atoms with E-state index in [4.69, 9.17) is 5.73 Å². The van der Waals surface area contributed by atoms with E-state index in [-0.39, 0.29) is 17.3 Å².